The summed E-state index contributed by atoms with van der Waals surface area (Å²) in [7, 11) is 3.35. The number of nitrogens with one attached hydrogen (secondary N) is 2. The Kier molecular flexibility index (Phi) is 8.60. The Balaban J connectivity index is 1.88. The lowest BCUT2D eigenvalue weighted by atomic mass is 10.2. The van der Waals surface area contributed by atoms with E-state index in [1.54, 1.807) is 39.2 Å². The van der Waals surface area contributed by atoms with Gasteiger partial charge in [-0.15, -0.1) is 11.8 Å². The molecule has 154 valence electrons. The zero-order valence-corrected chi connectivity index (χ0v) is 18.5. The van der Waals surface area contributed by atoms with Crippen LogP contribution < -0.4 is 10.6 Å². The van der Waals surface area contributed by atoms with Gasteiger partial charge in [0.25, 0.3) is 5.24 Å². The van der Waals surface area contributed by atoms with Crippen molar-refractivity contribution in [2.45, 2.75) is 24.0 Å². The van der Waals surface area contributed by atoms with E-state index in [0.29, 0.717) is 10.6 Å². The van der Waals surface area contributed by atoms with Crippen molar-refractivity contribution in [3.8, 4) is 0 Å². The SMILES string of the molecule is Cc1ccc(NC(=O)CSC(C)C(=O)Nc2ccccc2SC(=O)N(C)C)cc1. The Morgan fingerprint density at radius 2 is 1.66 bits per heavy atom. The molecule has 0 aromatic heterocycles. The summed E-state index contributed by atoms with van der Waals surface area (Å²) < 4.78 is 0. The number of hydrogen-bond acceptors (Lipinski definition) is 5. The smallest absolute Gasteiger partial charge is 0.286 e. The van der Waals surface area contributed by atoms with E-state index < -0.39 is 5.25 Å². The maximum Gasteiger partial charge on any atom is 0.286 e. The van der Waals surface area contributed by atoms with Gasteiger partial charge in [-0.1, -0.05) is 29.8 Å². The predicted molar refractivity (Wildman–Crippen MR) is 122 cm³/mol. The molecule has 0 spiro atoms. The molecule has 1 unspecified atom stereocenters. The van der Waals surface area contributed by atoms with Crippen molar-refractivity contribution in [2.75, 3.05) is 30.5 Å². The second-order valence-electron chi connectivity index (χ2n) is 6.62. The molecule has 0 bridgehead atoms. The van der Waals surface area contributed by atoms with Crippen molar-refractivity contribution in [1.82, 2.24) is 4.90 Å². The Hall–Kier alpha value is -2.45. The number of para-hydroxylation sites is 1. The van der Waals surface area contributed by atoms with Gasteiger partial charge in [-0.3, -0.25) is 14.4 Å². The molecule has 0 saturated heterocycles. The molecule has 0 radical (unpaired) electrons. The van der Waals surface area contributed by atoms with Gasteiger partial charge in [0, 0.05) is 24.7 Å². The second-order valence-corrected chi connectivity index (χ2v) is 8.94. The maximum atomic E-state index is 12.5. The fraction of sp³-hybridized carbons (Fsp3) is 0.286. The highest BCUT2D eigenvalue weighted by atomic mass is 32.2. The highest BCUT2D eigenvalue weighted by Crippen LogP contribution is 2.29. The summed E-state index contributed by atoms with van der Waals surface area (Å²) in [5, 5.41) is 5.12. The van der Waals surface area contributed by atoms with Crippen molar-refractivity contribution in [1.29, 1.82) is 0 Å². The van der Waals surface area contributed by atoms with Crippen LogP contribution >= 0.6 is 23.5 Å². The normalized spacial score (nSPS) is 11.4. The Morgan fingerprint density at radius 1 is 1.00 bits per heavy atom. The third-order valence-corrected chi connectivity index (χ3v) is 6.13. The van der Waals surface area contributed by atoms with E-state index in [0.717, 1.165) is 23.0 Å². The van der Waals surface area contributed by atoms with Crippen molar-refractivity contribution in [2.24, 2.45) is 0 Å². The van der Waals surface area contributed by atoms with Crippen LogP contribution in [-0.4, -0.2) is 47.1 Å². The van der Waals surface area contributed by atoms with E-state index in [2.05, 4.69) is 10.6 Å². The molecule has 6 nitrogen and oxygen atoms in total. The molecular weight excluding hydrogens is 406 g/mol. The van der Waals surface area contributed by atoms with Gasteiger partial charge in [0.2, 0.25) is 11.8 Å². The van der Waals surface area contributed by atoms with E-state index in [1.165, 1.54) is 16.7 Å². The molecule has 2 aromatic carbocycles. The standard InChI is InChI=1S/C21H25N3O3S2/c1-14-9-11-16(12-10-14)22-19(25)13-28-15(2)20(26)23-17-7-5-6-8-18(17)29-21(27)24(3)4/h5-12,15H,13H2,1-4H3,(H,22,25)(H,23,26). The van der Waals surface area contributed by atoms with Crippen LogP contribution in [0.1, 0.15) is 12.5 Å². The summed E-state index contributed by atoms with van der Waals surface area (Å²) in [6, 6.07) is 14.7. The number of carbonyl (C=O) groups is 3. The first-order valence-corrected chi connectivity index (χ1v) is 10.9. The second kappa shape index (κ2) is 10.9. The summed E-state index contributed by atoms with van der Waals surface area (Å²) in [4.78, 5) is 38.8. The minimum absolute atomic E-state index is 0.123. The van der Waals surface area contributed by atoms with Gasteiger partial charge in [0.05, 0.1) is 16.7 Å². The predicted octanol–water partition coefficient (Wildman–Crippen LogP) is 4.47. The monoisotopic (exact) mass is 431 g/mol. The molecule has 29 heavy (non-hydrogen) atoms. The Bertz CT molecular complexity index is 870. The van der Waals surface area contributed by atoms with Gasteiger partial charge < -0.3 is 15.5 Å². The molecule has 3 amide bonds. The van der Waals surface area contributed by atoms with E-state index in [-0.39, 0.29) is 22.8 Å². The van der Waals surface area contributed by atoms with Crippen molar-refractivity contribution in [3.63, 3.8) is 0 Å². The highest BCUT2D eigenvalue weighted by Gasteiger charge is 2.18. The largest absolute Gasteiger partial charge is 0.339 e. The number of hydrogen-bond donors (Lipinski definition) is 2. The minimum atomic E-state index is -0.429. The third-order valence-electron chi connectivity index (χ3n) is 3.88. The number of carbonyl (C=O) groups excluding carboxylic acids is 3. The van der Waals surface area contributed by atoms with Crippen LogP contribution in [0.15, 0.2) is 53.4 Å². The summed E-state index contributed by atoms with van der Waals surface area (Å²) in [6.07, 6.45) is 0. The van der Waals surface area contributed by atoms with E-state index in [4.69, 9.17) is 0 Å². The molecule has 0 fully saturated rings. The zero-order chi connectivity index (χ0) is 21.4. The van der Waals surface area contributed by atoms with E-state index in [1.807, 2.05) is 37.3 Å². The fourth-order valence-electron chi connectivity index (χ4n) is 2.19. The zero-order valence-electron chi connectivity index (χ0n) is 16.9. The lowest BCUT2D eigenvalue weighted by Crippen LogP contribution is -2.25. The first kappa shape index (κ1) is 22.8. The van der Waals surface area contributed by atoms with Gasteiger partial charge >= 0.3 is 0 Å². The third kappa shape index (κ3) is 7.47. The summed E-state index contributed by atoms with van der Waals surface area (Å²) in [5.74, 6) is -0.215. The Labute approximate surface area is 179 Å². The lowest BCUT2D eigenvalue weighted by Gasteiger charge is -2.15. The van der Waals surface area contributed by atoms with Gasteiger partial charge in [-0.05, 0) is 49.9 Å². The number of benzene rings is 2. The molecular formula is C21H25N3O3S2. The molecule has 0 aliphatic carbocycles. The maximum absolute atomic E-state index is 12.5. The average molecular weight is 432 g/mol. The topological polar surface area (TPSA) is 78.5 Å². The van der Waals surface area contributed by atoms with Crippen molar-refractivity contribution in [3.05, 3.63) is 54.1 Å². The van der Waals surface area contributed by atoms with Gasteiger partial charge in [0.15, 0.2) is 0 Å². The highest BCUT2D eigenvalue weighted by molar-refractivity contribution is 8.13. The van der Waals surface area contributed by atoms with Crippen LogP contribution in [-0.2, 0) is 9.59 Å². The first-order chi connectivity index (χ1) is 13.8. The first-order valence-electron chi connectivity index (χ1n) is 9.03. The number of thioether (sulfide) groups is 2. The van der Waals surface area contributed by atoms with Crippen LogP contribution in [0.4, 0.5) is 16.2 Å². The van der Waals surface area contributed by atoms with Crippen molar-refractivity contribution < 1.29 is 14.4 Å². The lowest BCUT2D eigenvalue weighted by molar-refractivity contribution is -0.115. The number of rotatable bonds is 7. The molecule has 0 saturated carbocycles. The van der Waals surface area contributed by atoms with Crippen LogP contribution in [0.3, 0.4) is 0 Å². The summed E-state index contributed by atoms with van der Waals surface area (Å²) in [6.45, 7) is 3.73. The molecule has 2 rings (SSSR count). The number of nitrogens with zero attached hydrogens (tertiary/aromatic N) is 1. The molecule has 0 aliphatic heterocycles. The van der Waals surface area contributed by atoms with Crippen molar-refractivity contribution >= 4 is 52.0 Å². The Morgan fingerprint density at radius 3 is 2.31 bits per heavy atom. The minimum Gasteiger partial charge on any atom is -0.339 e. The van der Waals surface area contributed by atoms with Crippen LogP contribution in [0.25, 0.3) is 0 Å². The fourth-order valence-corrected chi connectivity index (χ4v) is 3.62. The van der Waals surface area contributed by atoms with E-state index >= 15 is 0 Å². The molecule has 8 heteroatoms. The van der Waals surface area contributed by atoms with E-state index in [9.17, 15) is 14.4 Å². The van der Waals surface area contributed by atoms with Crippen LogP contribution in [0.2, 0.25) is 0 Å². The van der Waals surface area contributed by atoms with Crippen LogP contribution in [0.5, 0.6) is 0 Å². The summed E-state index contributed by atoms with van der Waals surface area (Å²) in [5.41, 5.74) is 2.43. The molecule has 0 heterocycles. The average Bonchev–Trinajstić information content (AvgIpc) is 2.69. The molecule has 1 atom stereocenters. The van der Waals surface area contributed by atoms with Gasteiger partial charge in [-0.25, -0.2) is 0 Å². The summed E-state index contributed by atoms with van der Waals surface area (Å²) >= 11 is 2.31. The van der Waals surface area contributed by atoms with Crippen LogP contribution in [0, 0.1) is 6.92 Å². The number of anilines is 2. The van der Waals surface area contributed by atoms with Gasteiger partial charge in [-0.2, -0.15) is 0 Å². The molecule has 0 aliphatic rings. The molecule has 2 N–H and O–H groups in total. The molecule has 2 aromatic rings. The number of aryl methyl sites for hydroxylation is 1. The van der Waals surface area contributed by atoms with Gasteiger partial charge in [0.1, 0.15) is 0 Å². The number of amides is 3. The quantitative estimate of drug-likeness (QED) is 0.633.